The Morgan fingerprint density at radius 3 is 2.69 bits per heavy atom. The highest BCUT2D eigenvalue weighted by atomic mass is 16.2. The molecule has 3 rings (SSSR count). The number of amides is 2. The van der Waals surface area contributed by atoms with E-state index in [4.69, 9.17) is 0 Å². The number of anilines is 1. The smallest absolute Gasteiger partial charge is 0.229 e. The molecular formula is C19H25N5O2. The molecule has 1 saturated heterocycles. The number of hydrogen-bond donors (Lipinski definition) is 1. The Morgan fingerprint density at radius 1 is 1.27 bits per heavy atom. The third-order valence-corrected chi connectivity index (χ3v) is 4.48. The van der Waals surface area contributed by atoms with Crippen molar-refractivity contribution in [1.82, 2.24) is 19.7 Å². The maximum Gasteiger partial charge on any atom is 0.229 e. The van der Waals surface area contributed by atoms with Gasteiger partial charge in [-0.3, -0.25) is 9.59 Å². The van der Waals surface area contributed by atoms with Crippen molar-refractivity contribution in [3.8, 4) is 5.82 Å². The van der Waals surface area contributed by atoms with Crippen molar-refractivity contribution in [2.45, 2.75) is 33.6 Å². The number of likely N-dealkylation sites (tertiary alicyclic amines) is 1. The number of rotatable bonds is 3. The summed E-state index contributed by atoms with van der Waals surface area (Å²) in [4.78, 5) is 31.2. The lowest BCUT2D eigenvalue weighted by molar-refractivity contribution is -0.142. The molecular weight excluding hydrogens is 330 g/mol. The van der Waals surface area contributed by atoms with Crippen LogP contribution in [0.2, 0.25) is 0 Å². The summed E-state index contributed by atoms with van der Waals surface area (Å²) in [5.41, 5.74) is 0.218. The minimum atomic E-state index is -0.426. The van der Waals surface area contributed by atoms with E-state index in [1.165, 1.54) is 0 Å². The number of carbonyl (C=O) groups is 2. The summed E-state index contributed by atoms with van der Waals surface area (Å²) in [5, 5.41) is 7.04. The number of aromatic nitrogens is 3. The number of piperidine rings is 1. The van der Waals surface area contributed by atoms with Gasteiger partial charge in [0.15, 0.2) is 5.82 Å². The summed E-state index contributed by atoms with van der Waals surface area (Å²) in [6, 6.07) is 5.44. The van der Waals surface area contributed by atoms with E-state index in [-0.39, 0.29) is 17.7 Å². The van der Waals surface area contributed by atoms with E-state index in [1.807, 2.05) is 44.0 Å². The van der Waals surface area contributed by atoms with Crippen LogP contribution in [-0.2, 0) is 9.59 Å². The van der Waals surface area contributed by atoms with Gasteiger partial charge < -0.3 is 10.2 Å². The molecule has 3 heterocycles. The lowest BCUT2D eigenvalue weighted by Crippen LogP contribution is -2.47. The minimum absolute atomic E-state index is 0.0648. The fraction of sp³-hybridized carbons (Fsp3) is 0.474. The Morgan fingerprint density at radius 2 is 2.08 bits per heavy atom. The number of carbonyl (C=O) groups excluding carboxylic acids is 2. The van der Waals surface area contributed by atoms with Crippen LogP contribution in [0.5, 0.6) is 0 Å². The molecule has 0 aliphatic carbocycles. The van der Waals surface area contributed by atoms with Crippen LogP contribution in [0, 0.1) is 11.3 Å². The maximum absolute atomic E-state index is 12.6. The highest BCUT2D eigenvalue weighted by Gasteiger charge is 2.33. The first-order valence-electron chi connectivity index (χ1n) is 8.91. The molecule has 1 fully saturated rings. The van der Waals surface area contributed by atoms with Crippen LogP contribution in [0.3, 0.4) is 0 Å². The molecule has 1 aliphatic heterocycles. The Kier molecular flexibility index (Phi) is 5.06. The molecule has 7 heteroatoms. The van der Waals surface area contributed by atoms with E-state index >= 15 is 0 Å². The van der Waals surface area contributed by atoms with Crippen LogP contribution in [0.4, 0.5) is 5.69 Å². The van der Waals surface area contributed by atoms with Gasteiger partial charge in [0.25, 0.3) is 0 Å². The predicted octanol–water partition coefficient (Wildman–Crippen LogP) is 2.49. The zero-order chi connectivity index (χ0) is 18.7. The van der Waals surface area contributed by atoms with Crippen molar-refractivity contribution in [3.63, 3.8) is 0 Å². The van der Waals surface area contributed by atoms with Gasteiger partial charge >= 0.3 is 0 Å². The van der Waals surface area contributed by atoms with Crippen molar-refractivity contribution in [2.75, 3.05) is 18.4 Å². The Bertz CT molecular complexity index is 762. The largest absolute Gasteiger partial charge is 0.341 e. The highest BCUT2D eigenvalue weighted by molar-refractivity contribution is 5.93. The normalized spacial score (nSPS) is 17.8. The molecule has 1 unspecified atom stereocenters. The molecule has 138 valence electrons. The molecule has 1 atom stereocenters. The molecule has 26 heavy (non-hydrogen) atoms. The third-order valence-electron chi connectivity index (χ3n) is 4.48. The van der Waals surface area contributed by atoms with Gasteiger partial charge in [0.1, 0.15) is 0 Å². The molecule has 2 aromatic rings. The molecule has 0 bridgehead atoms. The molecule has 0 saturated carbocycles. The number of pyridine rings is 1. The van der Waals surface area contributed by atoms with Crippen molar-refractivity contribution >= 4 is 17.5 Å². The van der Waals surface area contributed by atoms with Gasteiger partial charge in [-0.25, -0.2) is 9.67 Å². The summed E-state index contributed by atoms with van der Waals surface area (Å²) in [7, 11) is 0. The fourth-order valence-electron chi connectivity index (χ4n) is 3.09. The van der Waals surface area contributed by atoms with E-state index in [0.29, 0.717) is 18.1 Å². The van der Waals surface area contributed by atoms with Crippen LogP contribution in [0.1, 0.15) is 33.6 Å². The maximum atomic E-state index is 12.6. The van der Waals surface area contributed by atoms with Gasteiger partial charge in [0.2, 0.25) is 11.8 Å². The monoisotopic (exact) mass is 355 g/mol. The van der Waals surface area contributed by atoms with Crippen LogP contribution in [0.15, 0.2) is 36.8 Å². The first-order valence-corrected chi connectivity index (χ1v) is 8.91. The minimum Gasteiger partial charge on any atom is -0.341 e. The SMILES string of the molecule is CC(C)(C)C(=O)N1CCCC(C(=O)Nc2ccc(-n3cccn3)nc2)C1. The van der Waals surface area contributed by atoms with E-state index in [9.17, 15) is 9.59 Å². The van der Waals surface area contributed by atoms with Gasteiger partial charge in [-0.15, -0.1) is 0 Å². The molecule has 0 spiro atoms. The summed E-state index contributed by atoms with van der Waals surface area (Å²) in [6.45, 7) is 6.92. The van der Waals surface area contributed by atoms with Crippen LogP contribution >= 0.6 is 0 Å². The van der Waals surface area contributed by atoms with Gasteiger partial charge in [0, 0.05) is 30.9 Å². The van der Waals surface area contributed by atoms with Crippen molar-refractivity contribution in [1.29, 1.82) is 0 Å². The molecule has 7 nitrogen and oxygen atoms in total. The van der Waals surface area contributed by atoms with E-state index in [0.717, 1.165) is 19.4 Å². The number of nitrogens with one attached hydrogen (secondary N) is 1. The predicted molar refractivity (Wildman–Crippen MR) is 98.7 cm³/mol. The zero-order valence-corrected chi connectivity index (χ0v) is 15.5. The lowest BCUT2D eigenvalue weighted by atomic mass is 9.91. The van der Waals surface area contributed by atoms with E-state index in [1.54, 1.807) is 23.1 Å². The molecule has 0 aromatic carbocycles. The number of hydrogen-bond acceptors (Lipinski definition) is 4. The average molecular weight is 355 g/mol. The van der Waals surface area contributed by atoms with Gasteiger partial charge in [-0.2, -0.15) is 5.10 Å². The lowest BCUT2D eigenvalue weighted by Gasteiger charge is -2.35. The Labute approximate surface area is 153 Å². The van der Waals surface area contributed by atoms with Crippen molar-refractivity contribution in [3.05, 3.63) is 36.8 Å². The van der Waals surface area contributed by atoms with Crippen LogP contribution in [-0.4, -0.2) is 44.6 Å². The van der Waals surface area contributed by atoms with Crippen LogP contribution < -0.4 is 5.32 Å². The molecule has 1 aliphatic rings. The molecule has 2 amide bonds. The molecule has 0 radical (unpaired) electrons. The van der Waals surface area contributed by atoms with E-state index < -0.39 is 5.41 Å². The average Bonchev–Trinajstić information content (AvgIpc) is 3.15. The first kappa shape index (κ1) is 18.1. The summed E-state index contributed by atoms with van der Waals surface area (Å²) < 4.78 is 1.66. The van der Waals surface area contributed by atoms with Crippen molar-refractivity contribution < 1.29 is 9.59 Å². The second-order valence-electron chi connectivity index (χ2n) is 7.69. The number of nitrogens with zero attached hydrogens (tertiary/aromatic N) is 4. The quantitative estimate of drug-likeness (QED) is 0.917. The van der Waals surface area contributed by atoms with Gasteiger partial charge in [-0.1, -0.05) is 20.8 Å². The standard InChI is InChI=1S/C19H25N5O2/c1-19(2,3)18(26)23-10-4-6-14(13-23)17(25)22-15-7-8-16(20-12-15)24-11-5-9-21-24/h5,7-9,11-12,14H,4,6,10,13H2,1-3H3,(H,22,25). The summed E-state index contributed by atoms with van der Waals surface area (Å²) in [6.07, 6.45) is 6.75. The fourth-order valence-corrected chi connectivity index (χ4v) is 3.09. The van der Waals surface area contributed by atoms with Crippen LogP contribution in [0.25, 0.3) is 5.82 Å². The Hall–Kier alpha value is -2.70. The second kappa shape index (κ2) is 7.27. The van der Waals surface area contributed by atoms with E-state index in [2.05, 4.69) is 15.4 Å². The van der Waals surface area contributed by atoms with Crippen molar-refractivity contribution in [2.24, 2.45) is 11.3 Å². The topological polar surface area (TPSA) is 80.1 Å². The third kappa shape index (κ3) is 4.09. The Balaban J connectivity index is 1.61. The summed E-state index contributed by atoms with van der Waals surface area (Å²) >= 11 is 0. The second-order valence-corrected chi connectivity index (χ2v) is 7.69. The highest BCUT2D eigenvalue weighted by Crippen LogP contribution is 2.24. The molecule has 2 aromatic heterocycles. The molecule has 1 N–H and O–H groups in total. The van der Waals surface area contributed by atoms with Gasteiger partial charge in [0.05, 0.1) is 17.8 Å². The van der Waals surface area contributed by atoms with Gasteiger partial charge in [-0.05, 0) is 31.0 Å². The summed E-state index contributed by atoms with van der Waals surface area (Å²) in [5.74, 6) is 0.527. The first-order chi connectivity index (χ1) is 12.3. The zero-order valence-electron chi connectivity index (χ0n) is 15.5.